The maximum Gasteiger partial charge on any atom is 0.275 e. The molecular formula is C24H25N7O4. The van der Waals surface area contributed by atoms with E-state index in [2.05, 4.69) is 37.7 Å². The first-order valence-corrected chi connectivity index (χ1v) is 11.0. The van der Waals surface area contributed by atoms with Crippen molar-refractivity contribution in [3.8, 4) is 11.3 Å². The second-order valence-corrected chi connectivity index (χ2v) is 8.26. The number of carbonyl (C=O) groups excluding carboxylic acids is 3. The van der Waals surface area contributed by atoms with Crippen molar-refractivity contribution < 1.29 is 18.9 Å². The number of likely N-dealkylation sites (tertiary alicyclic amines) is 1. The van der Waals surface area contributed by atoms with Crippen LogP contribution in [-0.4, -0.2) is 63.9 Å². The van der Waals surface area contributed by atoms with Gasteiger partial charge in [0.25, 0.3) is 5.91 Å². The van der Waals surface area contributed by atoms with E-state index in [4.69, 9.17) is 4.52 Å². The average molecular weight is 476 g/mol. The molecule has 180 valence electrons. The van der Waals surface area contributed by atoms with Gasteiger partial charge in [-0.25, -0.2) is 9.97 Å². The summed E-state index contributed by atoms with van der Waals surface area (Å²) in [5.74, 6) is -0.832. The van der Waals surface area contributed by atoms with E-state index >= 15 is 0 Å². The van der Waals surface area contributed by atoms with Crippen molar-refractivity contribution in [2.45, 2.75) is 12.5 Å². The van der Waals surface area contributed by atoms with Gasteiger partial charge in [-0.3, -0.25) is 14.4 Å². The third-order valence-electron chi connectivity index (χ3n) is 5.52. The molecule has 4 rings (SSSR count). The van der Waals surface area contributed by atoms with Crippen LogP contribution in [-0.2, 0) is 9.59 Å². The minimum Gasteiger partial charge on any atom is -0.364 e. The standard InChI is InChI=1S/C24H25N7O4/c1-3-22(32)27-18-9-15(12-31(2)13-18)23(33)28-17-7-8-21(25-11-17)30-24(34)20-6-4-5-19(29-20)16-10-26-35-14-16/h3-8,10-11,14-15,18H,1,9,12-13H2,2H3,(H,27,32)(H,28,33)(H,25,30,34)/t15-,18+/m1/s1. The molecule has 0 aromatic carbocycles. The van der Waals surface area contributed by atoms with Gasteiger partial charge in [-0.1, -0.05) is 17.8 Å². The molecule has 3 amide bonds. The zero-order chi connectivity index (χ0) is 24.8. The Morgan fingerprint density at radius 2 is 2.00 bits per heavy atom. The number of carbonyl (C=O) groups is 3. The molecule has 2 atom stereocenters. The maximum absolute atomic E-state index is 12.8. The first-order valence-electron chi connectivity index (χ1n) is 11.0. The summed E-state index contributed by atoms with van der Waals surface area (Å²) in [5, 5.41) is 12.0. The van der Waals surface area contributed by atoms with Crippen molar-refractivity contribution >= 4 is 29.2 Å². The summed E-state index contributed by atoms with van der Waals surface area (Å²) in [4.78, 5) is 47.6. The molecule has 0 unspecified atom stereocenters. The number of hydrogen-bond acceptors (Lipinski definition) is 8. The monoisotopic (exact) mass is 475 g/mol. The van der Waals surface area contributed by atoms with Crippen LogP contribution in [0.25, 0.3) is 11.3 Å². The van der Waals surface area contributed by atoms with Crippen LogP contribution in [0.3, 0.4) is 0 Å². The Kier molecular flexibility index (Phi) is 7.27. The zero-order valence-electron chi connectivity index (χ0n) is 19.1. The van der Waals surface area contributed by atoms with E-state index in [1.54, 1.807) is 30.3 Å². The Morgan fingerprint density at radius 1 is 1.14 bits per heavy atom. The van der Waals surface area contributed by atoms with E-state index in [9.17, 15) is 14.4 Å². The van der Waals surface area contributed by atoms with Gasteiger partial charge in [0.05, 0.1) is 35.3 Å². The molecule has 1 saturated heterocycles. The Labute approximate surface area is 201 Å². The Morgan fingerprint density at radius 3 is 2.71 bits per heavy atom. The molecular weight excluding hydrogens is 450 g/mol. The van der Waals surface area contributed by atoms with Crippen molar-refractivity contribution in [3.05, 3.63) is 67.3 Å². The van der Waals surface area contributed by atoms with Crippen LogP contribution in [0.1, 0.15) is 16.9 Å². The molecule has 3 aromatic rings. The predicted molar refractivity (Wildman–Crippen MR) is 128 cm³/mol. The van der Waals surface area contributed by atoms with Gasteiger partial charge in [-0.2, -0.15) is 0 Å². The summed E-state index contributed by atoms with van der Waals surface area (Å²) in [5.41, 5.74) is 1.93. The Balaban J connectivity index is 1.34. The molecule has 1 aliphatic heterocycles. The number of nitrogens with one attached hydrogen (secondary N) is 3. The molecule has 11 nitrogen and oxygen atoms in total. The highest BCUT2D eigenvalue weighted by Crippen LogP contribution is 2.20. The summed E-state index contributed by atoms with van der Waals surface area (Å²) in [6.45, 7) is 4.71. The van der Waals surface area contributed by atoms with E-state index < -0.39 is 5.91 Å². The lowest BCUT2D eigenvalue weighted by atomic mass is 9.93. The Hall–Kier alpha value is -4.38. The van der Waals surface area contributed by atoms with Crippen molar-refractivity contribution in [1.82, 2.24) is 25.3 Å². The van der Waals surface area contributed by atoms with E-state index in [0.29, 0.717) is 42.3 Å². The fraction of sp³-hybridized carbons (Fsp3) is 0.250. The first kappa shape index (κ1) is 23.8. The van der Waals surface area contributed by atoms with Crippen LogP contribution in [0.5, 0.6) is 0 Å². The van der Waals surface area contributed by atoms with Crippen molar-refractivity contribution in [1.29, 1.82) is 0 Å². The Bertz CT molecular complexity index is 1210. The number of hydrogen-bond donors (Lipinski definition) is 3. The molecule has 3 aromatic heterocycles. The maximum atomic E-state index is 12.8. The topological polar surface area (TPSA) is 142 Å². The molecule has 35 heavy (non-hydrogen) atoms. The lowest BCUT2D eigenvalue weighted by Gasteiger charge is -2.35. The lowest BCUT2D eigenvalue weighted by Crippen LogP contribution is -2.51. The van der Waals surface area contributed by atoms with Crippen molar-refractivity contribution in [2.24, 2.45) is 5.92 Å². The van der Waals surface area contributed by atoms with Gasteiger partial charge in [0, 0.05) is 19.1 Å². The van der Waals surface area contributed by atoms with Gasteiger partial charge in [0.1, 0.15) is 17.8 Å². The summed E-state index contributed by atoms with van der Waals surface area (Å²) < 4.78 is 4.82. The number of likely N-dealkylation sites (N-methyl/N-ethyl adjacent to an activating group) is 1. The minimum absolute atomic E-state index is 0.136. The summed E-state index contributed by atoms with van der Waals surface area (Å²) in [6, 6.07) is 8.17. The van der Waals surface area contributed by atoms with Gasteiger partial charge in [-0.15, -0.1) is 0 Å². The van der Waals surface area contributed by atoms with Gasteiger partial charge in [0.15, 0.2) is 0 Å². The fourth-order valence-electron chi connectivity index (χ4n) is 3.89. The number of pyridine rings is 2. The van der Waals surface area contributed by atoms with E-state index in [1.807, 2.05) is 11.9 Å². The summed E-state index contributed by atoms with van der Waals surface area (Å²) >= 11 is 0. The third kappa shape index (κ3) is 6.15. The molecule has 0 radical (unpaired) electrons. The molecule has 1 fully saturated rings. The minimum atomic E-state index is -0.426. The van der Waals surface area contributed by atoms with Gasteiger partial charge < -0.3 is 25.4 Å². The predicted octanol–water partition coefficient (Wildman–Crippen LogP) is 1.94. The molecule has 0 bridgehead atoms. The molecule has 0 spiro atoms. The number of rotatable bonds is 7. The highest BCUT2D eigenvalue weighted by molar-refractivity contribution is 6.02. The number of anilines is 2. The van der Waals surface area contributed by atoms with E-state index in [-0.39, 0.29) is 29.5 Å². The second-order valence-electron chi connectivity index (χ2n) is 8.26. The highest BCUT2D eigenvalue weighted by atomic mass is 16.5. The van der Waals surface area contributed by atoms with Crippen LogP contribution in [0.15, 0.2) is 66.2 Å². The molecule has 0 saturated carbocycles. The highest BCUT2D eigenvalue weighted by Gasteiger charge is 2.30. The summed E-state index contributed by atoms with van der Waals surface area (Å²) in [7, 11) is 1.90. The molecule has 3 N–H and O–H groups in total. The van der Waals surface area contributed by atoms with Crippen molar-refractivity contribution in [2.75, 3.05) is 30.8 Å². The number of piperidine rings is 1. The molecule has 11 heteroatoms. The number of nitrogens with zero attached hydrogens (tertiary/aromatic N) is 4. The van der Waals surface area contributed by atoms with Gasteiger partial charge in [-0.05, 0) is 43.8 Å². The number of aromatic nitrogens is 3. The normalized spacial score (nSPS) is 17.9. The first-order chi connectivity index (χ1) is 16.9. The van der Waals surface area contributed by atoms with Gasteiger partial charge >= 0.3 is 0 Å². The number of amides is 3. The zero-order valence-corrected chi connectivity index (χ0v) is 19.1. The van der Waals surface area contributed by atoms with Crippen LogP contribution in [0.2, 0.25) is 0 Å². The van der Waals surface area contributed by atoms with Crippen LogP contribution >= 0.6 is 0 Å². The van der Waals surface area contributed by atoms with Crippen LogP contribution in [0.4, 0.5) is 11.5 Å². The largest absolute Gasteiger partial charge is 0.364 e. The van der Waals surface area contributed by atoms with E-state index in [1.165, 1.54) is 24.7 Å². The van der Waals surface area contributed by atoms with Crippen LogP contribution in [0, 0.1) is 5.92 Å². The summed E-state index contributed by atoms with van der Waals surface area (Å²) in [6.07, 6.45) is 6.18. The lowest BCUT2D eigenvalue weighted by molar-refractivity contribution is -0.123. The SMILES string of the molecule is C=CC(=O)N[C@H]1C[C@@H](C(=O)Nc2ccc(NC(=O)c3cccc(-c4cnoc4)n3)nc2)CN(C)C1. The molecule has 0 aliphatic carbocycles. The third-order valence-corrected chi connectivity index (χ3v) is 5.52. The van der Waals surface area contributed by atoms with E-state index in [0.717, 1.165) is 0 Å². The molecule has 4 heterocycles. The smallest absolute Gasteiger partial charge is 0.275 e. The second kappa shape index (κ2) is 10.7. The molecule has 1 aliphatic rings. The van der Waals surface area contributed by atoms with Crippen molar-refractivity contribution in [3.63, 3.8) is 0 Å². The quantitative estimate of drug-likeness (QED) is 0.440. The van der Waals surface area contributed by atoms with Gasteiger partial charge in [0.2, 0.25) is 11.8 Å². The van der Waals surface area contributed by atoms with Crippen LogP contribution < -0.4 is 16.0 Å². The average Bonchev–Trinajstić information content (AvgIpc) is 3.40. The fourth-order valence-corrected chi connectivity index (χ4v) is 3.89.